The average Bonchev–Trinajstić information content (AvgIpc) is 2.22. The fraction of sp³-hybridized carbons (Fsp3) is 0.500. The highest BCUT2D eigenvalue weighted by Gasteiger charge is 2.14. The molecule has 0 aliphatic heterocycles. The number of halogens is 1. The predicted molar refractivity (Wildman–Crippen MR) is 72.3 cm³/mol. The van der Waals surface area contributed by atoms with E-state index < -0.39 is 0 Å². The van der Waals surface area contributed by atoms with Gasteiger partial charge in [0.1, 0.15) is 5.78 Å². The maximum absolute atomic E-state index is 11.8. The number of nitrogens with two attached hydrogens (primary N) is 1. The monoisotopic (exact) mass is 253 g/mol. The molecule has 0 saturated carbocycles. The number of ketones is 1. The molecule has 0 saturated heterocycles. The molecule has 94 valence electrons. The van der Waals surface area contributed by atoms with Gasteiger partial charge in [-0.3, -0.25) is 4.79 Å². The third kappa shape index (κ3) is 4.49. The Balaban J connectivity index is 2.62. The van der Waals surface area contributed by atoms with Crippen LogP contribution in [0.1, 0.15) is 31.4 Å². The minimum Gasteiger partial charge on any atom is -0.327 e. The van der Waals surface area contributed by atoms with Crippen LogP contribution in [-0.4, -0.2) is 11.8 Å². The van der Waals surface area contributed by atoms with E-state index in [1.165, 1.54) is 0 Å². The van der Waals surface area contributed by atoms with Crippen LogP contribution >= 0.6 is 11.6 Å². The van der Waals surface area contributed by atoms with E-state index in [-0.39, 0.29) is 11.8 Å². The number of Topliss-reactive ketones (excluding diaryl/α,β-unsaturated/α-hetero) is 1. The lowest BCUT2D eigenvalue weighted by atomic mass is 9.96. The second-order valence-corrected chi connectivity index (χ2v) is 5.33. The molecule has 0 aliphatic rings. The van der Waals surface area contributed by atoms with Crippen LogP contribution in [0, 0.1) is 12.8 Å². The van der Waals surface area contributed by atoms with Gasteiger partial charge in [0.2, 0.25) is 0 Å². The van der Waals surface area contributed by atoms with Crippen molar-refractivity contribution >= 4 is 17.4 Å². The molecule has 0 fully saturated rings. The zero-order chi connectivity index (χ0) is 13.0. The molecule has 0 bridgehead atoms. The van der Waals surface area contributed by atoms with E-state index in [0.717, 1.165) is 11.1 Å². The number of hydrogen-bond donors (Lipinski definition) is 1. The maximum atomic E-state index is 11.8. The first-order valence-corrected chi connectivity index (χ1v) is 6.30. The van der Waals surface area contributed by atoms with Gasteiger partial charge in [0.25, 0.3) is 0 Å². The van der Waals surface area contributed by atoms with Crippen molar-refractivity contribution in [1.82, 2.24) is 0 Å². The normalized spacial score (nSPS) is 12.8. The maximum Gasteiger partial charge on any atom is 0.138 e. The Morgan fingerprint density at radius 2 is 2.06 bits per heavy atom. The van der Waals surface area contributed by atoms with Gasteiger partial charge in [-0.25, -0.2) is 0 Å². The molecule has 2 nitrogen and oxygen atoms in total. The zero-order valence-corrected chi connectivity index (χ0v) is 11.4. The molecule has 1 unspecified atom stereocenters. The third-order valence-electron chi connectivity index (χ3n) is 2.92. The van der Waals surface area contributed by atoms with Gasteiger partial charge in [-0.1, -0.05) is 37.6 Å². The van der Waals surface area contributed by atoms with Crippen molar-refractivity contribution in [3.8, 4) is 0 Å². The van der Waals surface area contributed by atoms with Crippen LogP contribution in [0.5, 0.6) is 0 Å². The number of carbonyl (C=O) groups excluding carboxylic acids is 1. The summed E-state index contributed by atoms with van der Waals surface area (Å²) in [5.41, 5.74) is 7.87. The molecule has 0 spiro atoms. The van der Waals surface area contributed by atoms with Crippen molar-refractivity contribution in [2.24, 2.45) is 11.7 Å². The Bertz CT molecular complexity index is 401. The molecule has 1 atom stereocenters. The summed E-state index contributed by atoms with van der Waals surface area (Å²) < 4.78 is 0. The highest BCUT2D eigenvalue weighted by atomic mass is 35.5. The first-order valence-electron chi connectivity index (χ1n) is 5.92. The molecule has 1 aromatic rings. The summed E-state index contributed by atoms with van der Waals surface area (Å²) >= 11 is 6.09. The quantitative estimate of drug-likeness (QED) is 0.876. The van der Waals surface area contributed by atoms with Gasteiger partial charge in [0.15, 0.2) is 0 Å². The van der Waals surface area contributed by atoms with Crippen LogP contribution < -0.4 is 5.73 Å². The number of hydrogen-bond acceptors (Lipinski definition) is 2. The second-order valence-electron chi connectivity index (χ2n) is 4.92. The van der Waals surface area contributed by atoms with Gasteiger partial charge >= 0.3 is 0 Å². The molecule has 1 rings (SSSR count). The number of carbonyl (C=O) groups is 1. The molecular weight excluding hydrogens is 234 g/mol. The van der Waals surface area contributed by atoms with E-state index in [1.54, 1.807) is 0 Å². The average molecular weight is 254 g/mol. The zero-order valence-electron chi connectivity index (χ0n) is 10.7. The third-order valence-corrected chi connectivity index (χ3v) is 3.27. The van der Waals surface area contributed by atoms with Gasteiger partial charge in [-0.05, 0) is 30.0 Å². The van der Waals surface area contributed by atoms with E-state index in [2.05, 4.69) is 0 Å². The summed E-state index contributed by atoms with van der Waals surface area (Å²) in [6.07, 6.45) is 0.793. The van der Waals surface area contributed by atoms with E-state index >= 15 is 0 Å². The van der Waals surface area contributed by atoms with Crippen LogP contribution in [0.15, 0.2) is 18.2 Å². The van der Waals surface area contributed by atoms with Crippen LogP contribution in [0.3, 0.4) is 0 Å². The van der Waals surface area contributed by atoms with Crippen molar-refractivity contribution in [1.29, 1.82) is 0 Å². The topological polar surface area (TPSA) is 43.1 Å². The van der Waals surface area contributed by atoms with Gasteiger partial charge in [-0.2, -0.15) is 0 Å². The largest absolute Gasteiger partial charge is 0.327 e. The first kappa shape index (κ1) is 14.2. The molecule has 17 heavy (non-hydrogen) atoms. The molecule has 0 amide bonds. The second kappa shape index (κ2) is 6.18. The summed E-state index contributed by atoms with van der Waals surface area (Å²) in [5, 5.41) is 0.663. The Morgan fingerprint density at radius 1 is 1.41 bits per heavy atom. The lowest BCUT2D eigenvalue weighted by Gasteiger charge is -2.14. The van der Waals surface area contributed by atoms with Crippen molar-refractivity contribution in [3.05, 3.63) is 34.3 Å². The van der Waals surface area contributed by atoms with Crippen molar-refractivity contribution < 1.29 is 4.79 Å². The number of aryl methyl sites for hydroxylation is 1. The molecule has 0 radical (unpaired) electrons. The van der Waals surface area contributed by atoms with E-state index in [0.29, 0.717) is 23.8 Å². The molecule has 0 aliphatic carbocycles. The van der Waals surface area contributed by atoms with Crippen molar-refractivity contribution in [2.45, 2.75) is 39.7 Å². The van der Waals surface area contributed by atoms with Crippen LogP contribution in [0.4, 0.5) is 0 Å². The molecule has 0 heterocycles. The lowest BCUT2D eigenvalue weighted by Crippen LogP contribution is -2.29. The standard InChI is InChI=1S/C14H20ClNO/c1-9(2)14(16)8-12(17)7-11-5-4-10(3)6-13(11)15/h4-6,9,14H,7-8,16H2,1-3H3. The van der Waals surface area contributed by atoms with Gasteiger partial charge < -0.3 is 5.73 Å². The first-order chi connectivity index (χ1) is 7.90. The molecule has 2 N–H and O–H groups in total. The highest BCUT2D eigenvalue weighted by Crippen LogP contribution is 2.19. The van der Waals surface area contributed by atoms with Gasteiger partial charge in [0, 0.05) is 23.9 Å². The number of rotatable bonds is 5. The predicted octanol–water partition coefficient (Wildman–Crippen LogP) is 3.13. The summed E-state index contributed by atoms with van der Waals surface area (Å²) in [7, 11) is 0. The van der Waals surface area contributed by atoms with Crippen LogP contribution in [0.25, 0.3) is 0 Å². The minimum absolute atomic E-state index is 0.0632. The Morgan fingerprint density at radius 3 is 2.59 bits per heavy atom. The van der Waals surface area contributed by atoms with Crippen molar-refractivity contribution in [3.63, 3.8) is 0 Å². The van der Waals surface area contributed by atoms with E-state index in [9.17, 15) is 4.79 Å². The smallest absolute Gasteiger partial charge is 0.138 e. The van der Waals surface area contributed by atoms with Gasteiger partial charge in [0.05, 0.1) is 0 Å². The minimum atomic E-state index is -0.0632. The summed E-state index contributed by atoms with van der Waals surface area (Å²) in [4.78, 5) is 11.8. The van der Waals surface area contributed by atoms with Gasteiger partial charge in [-0.15, -0.1) is 0 Å². The number of benzene rings is 1. The van der Waals surface area contributed by atoms with Crippen molar-refractivity contribution in [2.75, 3.05) is 0 Å². The highest BCUT2D eigenvalue weighted by molar-refractivity contribution is 6.31. The lowest BCUT2D eigenvalue weighted by molar-refractivity contribution is -0.118. The SMILES string of the molecule is Cc1ccc(CC(=O)CC(N)C(C)C)c(Cl)c1. The Labute approximate surface area is 108 Å². The molecule has 3 heteroatoms. The molecular formula is C14H20ClNO. The van der Waals surface area contributed by atoms with Crippen LogP contribution in [-0.2, 0) is 11.2 Å². The summed E-state index contributed by atoms with van der Waals surface area (Å²) in [5.74, 6) is 0.476. The van der Waals surface area contributed by atoms with Crippen LogP contribution in [0.2, 0.25) is 5.02 Å². The fourth-order valence-corrected chi connectivity index (χ4v) is 1.88. The Hall–Kier alpha value is -0.860. The summed E-state index contributed by atoms with van der Waals surface area (Å²) in [6.45, 7) is 6.03. The van der Waals surface area contributed by atoms with E-state index in [1.807, 2.05) is 39.0 Å². The molecule has 0 aromatic heterocycles. The van der Waals surface area contributed by atoms with E-state index in [4.69, 9.17) is 17.3 Å². The Kier molecular flexibility index (Phi) is 5.16. The fourth-order valence-electron chi connectivity index (χ4n) is 1.58. The molecule has 1 aromatic carbocycles. The summed E-state index contributed by atoms with van der Waals surface area (Å²) in [6, 6.07) is 5.70.